The van der Waals surface area contributed by atoms with Crippen molar-refractivity contribution < 1.29 is 9.66 Å². The predicted molar refractivity (Wildman–Crippen MR) is 85.5 cm³/mol. The fourth-order valence-corrected chi connectivity index (χ4v) is 2.23. The van der Waals surface area contributed by atoms with Crippen molar-refractivity contribution in [1.82, 2.24) is 15.2 Å². The summed E-state index contributed by atoms with van der Waals surface area (Å²) in [6.45, 7) is 0. The van der Waals surface area contributed by atoms with E-state index in [1.807, 2.05) is 12.1 Å². The number of halogens is 1. The number of nitrogens with zero attached hydrogens (tertiary/aromatic N) is 3. The van der Waals surface area contributed by atoms with Crippen LogP contribution in [0.15, 0.2) is 42.5 Å². The Morgan fingerprint density at radius 1 is 1.17 bits per heavy atom. The van der Waals surface area contributed by atoms with E-state index in [1.54, 1.807) is 18.2 Å². The molecule has 7 nitrogen and oxygen atoms in total. The molecule has 2 aromatic carbocycles. The molecule has 1 N–H and O–H groups in total. The van der Waals surface area contributed by atoms with Gasteiger partial charge in [-0.15, -0.1) is 0 Å². The van der Waals surface area contributed by atoms with Crippen LogP contribution in [-0.2, 0) is 0 Å². The van der Waals surface area contributed by atoms with E-state index in [9.17, 15) is 10.1 Å². The first-order chi connectivity index (χ1) is 11.1. The van der Waals surface area contributed by atoms with Crippen LogP contribution in [0.1, 0.15) is 0 Å². The van der Waals surface area contributed by atoms with Gasteiger partial charge in [0.25, 0.3) is 0 Å². The van der Waals surface area contributed by atoms with Crippen molar-refractivity contribution in [2.75, 3.05) is 7.11 Å². The SMILES string of the molecule is COc1ccc(-c2n[nH]c(-c3ccc(Cl)cc3)n2)cc1[N+](=O)[O-]. The zero-order valence-corrected chi connectivity index (χ0v) is 12.7. The highest BCUT2D eigenvalue weighted by Crippen LogP contribution is 2.31. The second-order valence-corrected chi connectivity index (χ2v) is 5.09. The number of methoxy groups -OCH3 is 1. The van der Waals surface area contributed by atoms with Crippen molar-refractivity contribution in [3.8, 4) is 28.5 Å². The molecule has 1 heterocycles. The first kappa shape index (κ1) is 15.0. The van der Waals surface area contributed by atoms with Gasteiger partial charge in [0.1, 0.15) is 0 Å². The number of ether oxygens (including phenoxy) is 1. The lowest BCUT2D eigenvalue weighted by Crippen LogP contribution is -1.94. The molecule has 1 aromatic heterocycles. The van der Waals surface area contributed by atoms with Crippen LogP contribution in [0, 0.1) is 10.1 Å². The van der Waals surface area contributed by atoms with Gasteiger partial charge in [-0.1, -0.05) is 11.6 Å². The summed E-state index contributed by atoms with van der Waals surface area (Å²) in [6, 6.07) is 11.7. The second kappa shape index (κ2) is 6.05. The van der Waals surface area contributed by atoms with Gasteiger partial charge in [0.05, 0.1) is 12.0 Å². The van der Waals surface area contributed by atoms with Crippen molar-refractivity contribution in [2.24, 2.45) is 0 Å². The maximum atomic E-state index is 11.1. The number of nitro groups is 1. The first-order valence-corrected chi connectivity index (χ1v) is 6.97. The standard InChI is InChI=1S/C15H11ClN4O3/c1-23-13-7-4-10(8-12(13)20(21)22)15-17-14(18-19-15)9-2-5-11(16)6-3-9/h2-8H,1H3,(H,17,18,19). The molecule has 0 spiro atoms. The molecule has 0 saturated carbocycles. The van der Waals surface area contributed by atoms with Crippen LogP contribution in [0.2, 0.25) is 5.02 Å². The highest BCUT2D eigenvalue weighted by Gasteiger charge is 2.17. The second-order valence-electron chi connectivity index (χ2n) is 4.66. The topological polar surface area (TPSA) is 93.9 Å². The van der Waals surface area contributed by atoms with Crippen molar-refractivity contribution in [1.29, 1.82) is 0 Å². The lowest BCUT2D eigenvalue weighted by Gasteiger charge is -2.02. The Morgan fingerprint density at radius 2 is 1.87 bits per heavy atom. The molecule has 0 fully saturated rings. The Labute approximate surface area is 136 Å². The van der Waals surface area contributed by atoms with Crippen LogP contribution in [0.25, 0.3) is 22.8 Å². The number of hydrogen-bond donors (Lipinski definition) is 1. The molecule has 3 aromatic rings. The molecule has 0 unspecified atom stereocenters. The largest absolute Gasteiger partial charge is 0.490 e. The number of aromatic nitrogens is 3. The van der Waals surface area contributed by atoms with Crippen LogP contribution >= 0.6 is 11.6 Å². The summed E-state index contributed by atoms with van der Waals surface area (Å²) in [5.74, 6) is 1.10. The summed E-state index contributed by atoms with van der Waals surface area (Å²) in [4.78, 5) is 14.9. The lowest BCUT2D eigenvalue weighted by molar-refractivity contribution is -0.385. The third kappa shape index (κ3) is 3.00. The number of hydrogen-bond acceptors (Lipinski definition) is 5. The summed E-state index contributed by atoms with van der Waals surface area (Å²) in [5.41, 5.74) is 1.20. The molecule has 116 valence electrons. The van der Waals surface area contributed by atoms with Gasteiger partial charge in [-0.2, -0.15) is 5.10 Å². The van der Waals surface area contributed by atoms with E-state index >= 15 is 0 Å². The molecule has 0 atom stereocenters. The molecule has 0 aliphatic heterocycles. The molecule has 3 rings (SSSR count). The molecule has 0 radical (unpaired) electrons. The van der Waals surface area contributed by atoms with Crippen LogP contribution < -0.4 is 4.74 Å². The highest BCUT2D eigenvalue weighted by atomic mass is 35.5. The molecule has 23 heavy (non-hydrogen) atoms. The predicted octanol–water partition coefficient (Wildman–Crippen LogP) is 3.71. The van der Waals surface area contributed by atoms with E-state index in [0.717, 1.165) is 5.56 Å². The fraction of sp³-hybridized carbons (Fsp3) is 0.0667. The molecule has 0 amide bonds. The average molecular weight is 331 g/mol. The third-order valence-electron chi connectivity index (χ3n) is 3.24. The van der Waals surface area contributed by atoms with E-state index in [4.69, 9.17) is 16.3 Å². The van der Waals surface area contributed by atoms with Gasteiger partial charge in [-0.05, 0) is 36.4 Å². The number of aromatic amines is 1. The van der Waals surface area contributed by atoms with E-state index in [-0.39, 0.29) is 11.4 Å². The summed E-state index contributed by atoms with van der Waals surface area (Å²) >= 11 is 5.85. The van der Waals surface area contributed by atoms with Crippen LogP contribution in [0.3, 0.4) is 0 Å². The zero-order valence-electron chi connectivity index (χ0n) is 12.0. The molecule has 0 bridgehead atoms. The van der Waals surface area contributed by atoms with Crippen LogP contribution in [0.4, 0.5) is 5.69 Å². The van der Waals surface area contributed by atoms with E-state index in [1.165, 1.54) is 19.2 Å². The summed E-state index contributed by atoms with van der Waals surface area (Å²) in [6.07, 6.45) is 0. The van der Waals surface area contributed by atoms with Gasteiger partial charge >= 0.3 is 5.69 Å². The highest BCUT2D eigenvalue weighted by molar-refractivity contribution is 6.30. The normalized spacial score (nSPS) is 10.5. The monoisotopic (exact) mass is 330 g/mol. The van der Waals surface area contributed by atoms with Gasteiger partial charge in [-0.25, -0.2) is 4.98 Å². The van der Waals surface area contributed by atoms with E-state index < -0.39 is 4.92 Å². The number of nitro benzene ring substituents is 1. The van der Waals surface area contributed by atoms with Gasteiger partial charge in [0.2, 0.25) is 0 Å². The summed E-state index contributed by atoms with van der Waals surface area (Å²) in [5, 5.41) is 18.6. The maximum absolute atomic E-state index is 11.1. The van der Waals surface area contributed by atoms with Crippen LogP contribution in [0.5, 0.6) is 5.75 Å². The Hall–Kier alpha value is -2.93. The minimum atomic E-state index is -0.505. The zero-order chi connectivity index (χ0) is 16.4. The molecule has 0 aliphatic carbocycles. The third-order valence-corrected chi connectivity index (χ3v) is 3.49. The number of benzene rings is 2. The molecule has 8 heteroatoms. The van der Waals surface area contributed by atoms with Gasteiger partial charge in [0.15, 0.2) is 17.4 Å². The summed E-state index contributed by atoms with van der Waals surface area (Å²) < 4.78 is 4.98. The minimum Gasteiger partial charge on any atom is -0.490 e. The van der Waals surface area contributed by atoms with Gasteiger partial charge in [0, 0.05) is 22.2 Å². The minimum absolute atomic E-state index is 0.136. The van der Waals surface area contributed by atoms with Crippen LogP contribution in [-0.4, -0.2) is 27.2 Å². The summed E-state index contributed by atoms with van der Waals surface area (Å²) in [7, 11) is 1.38. The van der Waals surface area contributed by atoms with E-state index in [2.05, 4.69) is 15.2 Å². The van der Waals surface area contributed by atoms with Crippen molar-refractivity contribution in [2.45, 2.75) is 0 Å². The maximum Gasteiger partial charge on any atom is 0.311 e. The smallest absolute Gasteiger partial charge is 0.311 e. The Bertz CT molecular complexity index is 861. The molecule has 0 aliphatic rings. The van der Waals surface area contributed by atoms with Crippen molar-refractivity contribution >= 4 is 17.3 Å². The molecular formula is C15H11ClN4O3. The average Bonchev–Trinajstić information content (AvgIpc) is 3.04. The van der Waals surface area contributed by atoms with Crippen molar-refractivity contribution in [3.63, 3.8) is 0 Å². The van der Waals surface area contributed by atoms with Gasteiger partial charge < -0.3 is 4.74 Å². The van der Waals surface area contributed by atoms with Crippen molar-refractivity contribution in [3.05, 3.63) is 57.6 Å². The first-order valence-electron chi connectivity index (χ1n) is 6.59. The molecular weight excluding hydrogens is 320 g/mol. The Kier molecular flexibility index (Phi) is 3.94. The number of rotatable bonds is 4. The number of nitrogens with one attached hydrogen (secondary N) is 1. The molecule has 0 saturated heterocycles. The lowest BCUT2D eigenvalue weighted by atomic mass is 10.1. The Morgan fingerprint density at radius 3 is 2.52 bits per heavy atom. The van der Waals surface area contributed by atoms with Gasteiger partial charge in [-0.3, -0.25) is 15.2 Å². The Balaban J connectivity index is 1.98. The fourth-order valence-electron chi connectivity index (χ4n) is 2.10. The number of H-pyrrole nitrogens is 1. The quantitative estimate of drug-likeness (QED) is 0.581. The van der Waals surface area contributed by atoms with E-state index in [0.29, 0.717) is 22.2 Å².